The Hall–Kier alpha value is -4.06. The molecule has 30 heavy (non-hydrogen) atoms. The second-order valence-corrected chi connectivity index (χ2v) is 6.36. The van der Waals surface area contributed by atoms with Crippen molar-refractivity contribution in [2.24, 2.45) is 0 Å². The molecular weight excluding hydrogens is 392 g/mol. The number of ether oxygens (including phenoxy) is 4. The third-order valence-corrected chi connectivity index (χ3v) is 4.14. The number of ketones is 1. The molecule has 1 atom stereocenters. The van der Waals surface area contributed by atoms with Crippen LogP contribution in [0.3, 0.4) is 0 Å². The van der Waals surface area contributed by atoms with Crippen LogP contribution in [-0.4, -0.2) is 37.2 Å². The zero-order chi connectivity index (χ0) is 21.7. The van der Waals surface area contributed by atoms with E-state index in [1.54, 1.807) is 24.3 Å². The minimum atomic E-state index is -0.968. The Bertz CT molecular complexity index is 1020. The molecule has 9 nitrogen and oxygen atoms in total. The molecule has 9 heteroatoms. The minimum absolute atomic E-state index is 0.0266. The van der Waals surface area contributed by atoms with E-state index in [1.807, 2.05) is 6.07 Å². The van der Waals surface area contributed by atoms with Gasteiger partial charge in [-0.25, -0.2) is 4.79 Å². The number of Topliss-reactive ketones (excluding diaryl/α,β-unsaturated/α-hetero) is 1. The lowest BCUT2D eigenvalue weighted by molar-refractivity contribution is -0.153. The summed E-state index contributed by atoms with van der Waals surface area (Å²) in [5.41, 5.74) is 0.939. The number of nitrogens with one attached hydrogen (secondary N) is 1. The van der Waals surface area contributed by atoms with Crippen LogP contribution >= 0.6 is 0 Å². The third-order valence-electron chi connectivity index (χ3n) is 4.14. The molecule has 0 radical (unpaired) electrons. The number of carbonyl (C=O) groups excluding carboxylic acids is 3. The van der Waals surface area contributed by atoms with Gasteiger partial charge < -0.3 is 24.3 Å². The Morgan fingerprint density at radius 1 is 1.17 bits per heavy atom. The van der Waals surface area contributed by atoms with Crippen molar-refractivity contribution in [3.05, 3.63) is 47.5 Å². The highest BCUT2D eigenvalue weighted by Crippen LogP contribution is 2.37. The summed E-state index contributed by atoms with van der Waals surface area (Å²) in [6, 6.07) is 11.2. The van der Waals surface area contributed by atoms with Crippen LogP contribution in [0, 0.1) is 11.3 Å². The fourth-order valence-corrected chi connectivity index (χ4v) is 2.64. The average molecular weight is 410 g/mol. The molecule has 2 aromatic rings. The van der Waals surface area contributed by atoms with Gasteiger partial charge in [-0.05, 0) is 44.2 Å². The zero-order valence-electron chi connectivity index (χ0n) is 16.3. The SMILES string of the molecule is CC(=O)c1cc2c(cc1NC(=O)COC(=O)[C@@H](C)Oc1ccc(C#N)cc1)OCO2. The molecular formula is C21H18N2O7. The number of amides is 1. The van der Waals surface area contributed by atoms with E-state index in [0.717, 1.165) is 0 Å². The van der Waals surface area contributed by atoms with Crippen molar-refractivity contribution in [1.29, 1.82) is 5.26 Å². The summed E-state index contributed by atoms with van der Waals surface area (Å²) < 4.78 is 20.9. The topological polar surface area (TPSA) is 124 Å². The van der Waals surface area contributed by atoms with Gasteiger partial charge in [-0.3, -0.25) is 9.59 Å². The van der Waals surface area contributed by atoms with E-state index in [0.29, 0.717) is 22.8 Å². The number of esters is 1. The van der Waals surface area contributed by atoms with Crippen molar-refractivity contribution < 1.29 is 33.3 Å². The zero-order valence-corrected chi connectivity index (χ0v) is 16.3. The van der Waals surface area contributed by atoms with E-state index >= 15 is 0 Å². The summed E-state index contributed by atoms with van der Waals surface area (Å²) in [4.78, 5) is 36.1. The predicted molar refractivity (Wildman–Crippen MR) is 103 cm³/mol. The van der Waals surface area contributed by atoms with Gasteiger partial charge in [0, 0.05) is 11.6 Å². The molecule has 3 rings (SSSR count). The number of anilines is 1. The number of carbonyl (C=O) groups is 3. The molecule has 0 aliphatic carbocycles. The molecule has 1 N–H and O–H groups in total. The van der Waals surface area contributed by atoms with Gasteiger partial charge in [-0.2, -0.15) is 5.26 Å². The number of benzene rings is 2. The summed E-state index contributed by atoms with van der Waals surface area (Å²) in [6.07, 6.45) is -0.968. The van der Waals surface area contributed by atoms with Crippen molar-refractivity contribution in [2.45, 2.75) is 20.0 Å². The van der Waals surface area contributed by atoms with Crippen LogP contribution in [0.2, 0.25) is 0 Å². The molecule has 2 aromatic carbocycles. The quantitative estimate of drug-likeness (QED) is 0.545. The smallest absolute Gasteiger partial charge is 0.347 e. The van der Waals surface area contributed by atoms with Crippen LogP contribution in [0.1, 0.15) is 29.8 Å². The van der Waals surface area contributed by atoms with Crippen molar-refractivity contribution in [3.63, 3.8) is 0 Å². The van der Waals surface area contributed by atoms with E-state index in [1.165, 1.54) is 26.0 Å². The summed E-state index contributed by atoms with van der Waals surface area (Å²) in [6.45, 7) is 2.30. The van der Waals surface area contributed by atoms with E-state index in [-0.39, 0.29) is 23.8 Å². The fraction of sp³-hybridized carbons (Fsp3) is 0.238. The van der Waals surface area contributed by atoms with Gasteiger partial charge >= 0.3 is 5.97 Å². The van der Waals surface area contributed by atoms with Crippen molar-refractivity contribution >= 4 is 23.3 Å². The van der Waals surface area contributed by atoms with Crippen molar-refractivity contribution in [1.82, 2.24) is 0 Å². The van der Waals surface area contributed by atoms with Crippen LogP contribution < -0.4 is 19.5 Å². The Balaban J connectivity index is 1.56. The van der Waals surface area contributed by atoms with Gasteiger partial charge in [0.15, 0.2) is 30.0 Å². The summed E-state index contributed by atoms with van der Waals surface area (Å²) in [5.74, 6) is -0.447. The average Bonchev–Trinajstić information content (AvgIpc) is 3.19. The first kappa shape index (κ1) is 20.7. The Morgan fingerprint density at radius 3 is 2.47 bits per heavy atom. The fourth-order valence-electron chi connectivity index (χ4n) is 2.64. The molecule has 1 amide bonds. The van der Waals surface area contributed by atoms with E-state index in [4.69, 9.17) is 24.2 Å². The minimum Gasteiger partial charge on any atom is -0.479 e. The summed E-state index contributed by atoms with van der Waals surface area (Å²) in [7, 11) is 0. The first-order valence-electron chi connectivity index (χ1n) is 8.95. The van der Waals surface area contributed by atoms with Crippen LogP contribution in [0.4, 0.5) is 5.69 Å². The number of nitriles is 1. The number of hydrogen-bond donors (Lipinski definition) is 1. The van der Waals surface area contributed by atoms with Gasteiger partial charge in [0.05, 0.1) is 17.3 Å². The lowest BCUT2D eigenvalue weighted by atomic mass is 10.1. The largest absolute Gasteiger partial charge is 0.479 e. The molecule has 0 fully saturated rings. The van der Waals surface area contributed by atoms with Gasteiger partial charge in [0.2, 0.25) is 6.79 Å². The second kappa shape index (κ2) is 8.96. The second-order valence-electron chi connectivity index (χ2n) is 6.36. The third kappa shape index (κ3) is 4.86. The lowest BCUT2D eigenvalue weighted by Gasteiger charge is -2.14. The van der Waals surface area contributed by atoms with Gasteiger partial charge in [0.1, 0.15) is 5.75 Å². The first-order chi connectivity index (χ1) is 14.4. The molecule has 0 saturated carbocycles. The molecule has 0 aromatic heterocycles. The monoisotopic (exact) mass is 410 g/mol. The van der Waals surface area contributed by atoms with Crippen LogP contribution in [0.25, 0.3) is 0 Å². The first-order valence-corrected chi connectivity index (χ1v) is 8.95. The molecule has 0 bridgehead atoms. The summed E-state index contributed by atoms with van der Waals surface area (Å²) >= 11 is 0. The normalized spacial score (nSPS) is 12.4. The Morgan fingerprint density at radius 2 is 1.83 bits per heavy atom. The number of hydrogen-bond acceptors (Lipinski definition) is 8. The van der Waals surface area contributed by atoms with Gasteiger partial charge in [-0.1, -0.05) is 0 Å². The summed E-state index contributed by atoms with van der Waals surface area (Å²) in [5, 5.41) is 11.3. The van der Waals surface area contributed by atoms with Gasteiger partial charge in [0.25, 0.3) is 5.91 Å². The number of rotatable bonds is 7. The Kier molecular flexibility index (Phi) is 6.17. The van der Waals surface area contributed by atoms with Crippen LogP contribution in [0.5, 0.6) is 17.2 Å². The van der Waals surface area contributed by atoms with E-state index in [2.05, 4.69) is 5.32 Å². The molecule has 1 aliphatic heterocycles. The highest BCUT2D eigenvalue weighted by Gasteiger charge is 2.22. The van der Waals surface area contributed by atoms with Crippen LogP contribution in [0.15, 0.2) is 36.4 Å². The lowest BCUT2D eigenvalue weighted by Crippen LogP contribution is -2.30. The van der Waals surface area contributed by atoms with E-state index < -0.39 is 24.6 Å². The molecule has 0 saturated heterocycles. The maximum atomic E-state index is 12.2. The molecule has 0 spiro atoms. The maximum absolute atomic E-state index is 12.2. The predicted octanol–water partition coefficient (Wildman–Crippen LogP) is 2.44. The van der Waals surface area contributed by atoms with E-state index in [9.17, 15) is 14.4 Å². The van der Waals surface area contributed by atoms with Crippen LogP contribution in [-0.2, 0) is 14.3 Å². The molecule has 154 valence electrons. The Labute approximate surface area is 172 Å². The number of fused-ring (bicyclic) bond motifs is 1. The number of nitrogens with zero attached hydrogens (tertiary/aromatic N) is 1. The molecule has 1 aliphatic rings. The molecule has 0 unspecified atom stereocenters. The molecule has 1 heterocycles. The van der Waals surface area contributed by atoms with Crippen molar-refractivity contribution in [3.8, 4) is 23.3 Å². The highest BCUT2D eigenvalue weighted by molar-refractivity contribution is 6.05. The maximum Gasteiger partial charge on any atom is 0.347 e. The van der Waals surface area contributed by atoms with Gasteiger partial charge in [-0.15, -0.1) is 0 Å². The van der Waals surface area contributed by atoms with Crippen molar-refractivity contribution in [2.75, 3.05) is 18.7 Å². The highest BCUT2D eigenvalue weighted by atomic mass is 16.7. The standard InChI is InChI=1S/C21H18N2O7/c1-12(24)16-7-18-19(29-11-28-18)8-17(16)23-20(25)10-27-21(26)13(2)30-15-5-3-14(9-22)4-6-15/h3-8,13H,10-11H2,1-2H3,(H,23,25)/t13-/m1/s1.